The lowest BCUT2D eigenvalue weighted by molar-refractivity contribution is 0.0525. The number of hydrogen-bond donors (Lipinski definition) is 0. The van der Waals surface area contributed by atoms with Crippen molar-refractivity contribution in [2.75, 3.05) is 13.7 Å². The quantitative estimate of drug-likeness (QED) is 0.740. The molecule has 0 heterocycles. The summed E-state index contributed by atoms with van der Waals surface area (Å²) in [6, 6.07) is 9.86. The van der Waals surface area contributed by atoms with Gasteiger partial charge in [0.1, 0.15) is 5.75 Å². The maximum Gasteiger partial charge on any atom is 0.338 e. The van der Waals surface area contributed by atoms with Gasteiger partial charge in [0.2, 0.25) is 0 Å². The molecule has 2 rings (SSSR count). The summed E-state index contributed by atoms with van der Waals surface area (Å²) in [5, 5.41) is 2.12. The molecule has 2 aromatic rings. The summed E-state index contributed by atoms with van der Waals surface area (Å²) in [7, 11) is 1.63. The molecule has 21 heavy (non-hydrogen) atoms. The molecule has 0 aliphatic rings. The minimum absolute atomic E-state index is 0.271. The average molecular weight is 286 g/mol. The fourth-order valence-electron chi connectivity index (χ4n) is 2.58. The van der Waals surface area contributed by atoms with Gasteiger partial charge in [-0.3, -0.25) is 0 Å². The zero-order chi connectivity index (χ0) is 15.2. The van der Waals surface area contributed by atoms with Crippen LogP contribution in [0.5, 0.6) is 5.75 Å². The van der Waals surface area contributed by atoms with Crippen LogP contribution in [0.3, 0.4) is 0 Å². The maximum atomic E-state index is 12.3. The molecule has 0 aliphatic carbocycles. The standard InChI is InChI=1S/C18H22O3/c1-4-6-9-14-13-10-7-8-11-15(13)17(20-3)12-16(14)18(19)21-5-2/h7-8,10-12H,4-6,9H2,1-3H3. The highest BCUT2D eigenvalue weighted by atomic mass is 16.5. The highest BCUT2D eigenvalue weighted by molar-refractivity contribution is 6.01. The number of methoxy groups -OCH3 is 1. The molecule has 0 aliphatic heterocycles. The van der Waals surface area contributed by atoms with E-state index in [1.165, 1.54) is 0 Å². The van der Waals surface area contributed by atoms with Crippen LogP contribution in [0.2, 0.25) is 0 Å². The zero-order valence-corrected chi connectivity index (χ0v) is 12.9. The predicted molar refractivity (Wildman–Crippen MR) is 85.1 cm³/mol. The van der Waals surface area contributed by atoms with Gasteiger partial charge in [-0.2, -0.15) is 0 Å². The molecule has 0 amide bonds. The van der Waals surface area contributed by atoms with Gasteiger partial charge in [0.15, 0.2) is 0 Å². The number of esters is 1. The Morgan fingerprint density at radius 2 is 1.86 bits per heavy atom. The Labute approximate surface area is 125 Å². The second kappa shape index (κ2) is 7.11. The molecule has 2 aromatic carbocycles. The lowest BCUT2D eigenvalue weighted by atomic mass is 9.94. The number of fused-ring (bicyclic) bond motifs is 1. The molecule has 0 radical (unpaired) electrons. The Hall–Kier alpha value is -2.03. The van der Waals surface area contributed by atoms with Gasteiger partial charge in [-0.05, 0) is 36.8 Å². The molecule has 0 saturated heterocycles. The smallest absolute Gasteiger partial charge is 0.338 e. The minimum atomic E-state index is -0.271. The second-order valence-corrected chi connectivity index (χ2v) is 4.97. The van der Waals surface area contributed by atoms with Gasteiger partial charge < -0.3 is 9.47 Å². The van der Waals surface area contributed by atoms with E-state index in [2.05, 4.69) is 6.92 Å². The van der Waals surface area contributed by atoms with Gasteiger partial charge >= 0.3 is 5.97 Å². The minimum Gasteiger partial charge on any atom is -0.496 e. The topological polar surface area (TPSA) is 35.5 Å². The zero-order valence-electron chi connectivity index (χ0n) is 12.9. The monoisotopic (exact) mass is 286 g/mol. The van der Waals surface area contributed by atoms with E-state index in [9.17, 15) is 4.79 Å². The van der Waals surface area contributed by atoms with E-state index in [0.29, 0.717) is 17.9 Å². The number of carbonyl (C=O) groups excluding carboxylic acids is 1. The Bertz CT molecular complexity index is 632. The van der Waals surface area contributed by atoms with Gasteiger partial charge in [-0.15, -0.1) is 0 Å². The SMILES string of the molecule is CCCCc1c(C(=O)OCC)cc(OC)c2ccccc12. The predicted octanol–water partition coefficient (Wildman–Crippen LogP) is 4.37. The number of carbonyl (C=O) groups is 1. The summed E-state index contributed by atoms with van der Waals surface area (Å²) < 4.78 is 10.7. The van der Waals surface area contributed by atoms with Crippen LogP contribution in [0, 0.1) is 0 Å². The molecule has 0 unspecified atom stereocenters. The first-order chi connectivity index (χ1) is 10.2. The largest absolute Gasteiger partial charge is 0.496 e. The molecular weight excluding hydrogens is 264 g/mol. The first-order valence-electron chi connectivity index (χ1n) is 7.48. The lowest BCUT2D eigenvalue weighted by Gasteiger charge is -2.15. The first kappa shape index (κ1) is 15.4. The third kappa shape index (κ3) is 3.18. The van der Waals surface area contributed by atoms with Crippen LogP contribution in [0.25, 0.3) is 10.8 Å². The van der Waals surface area contributed by atoms with Crippen molar-refractivity contribution in [1.29, 1.82) is 0 Å². The van der Waals surface area contributed by atoms with E-state index in [1.807, 2.05) is 37.3 Å². The Morgan fingerprint density at radius 1 is 1.14 bits per heavy atom. The summed E-state index contributed by atoms with van der Waals surface area (Å²) in [5.74, 6) is 0.446. The number of unbranched alkanes of at least 4 members (excludes halogenated alkanes) is 1. The van der Waals surface area contributed by atoms with Crippen molar-refractivity contribution in [3.63, 3.8) is 0 Å². The van der Waals surface area contributed by atoms with Gasteiger partial charge in [0.25, 0.3) is 0 Å². The summed E-state index contributed by atoms with van der Waals surface area (Å²) in [6.45, 7) is 4.35. The third-order valence-electron chi connectivity index (χ3n) is 3.61. The average Bonchev–Trinajstić information content (AvgIpc) is 2.52. The molecule has 3 heteroatoms. The molecule has 0 saturated carbocycles. The van der Waals surface area contributed by atoms with Gasteiger partial charge in [-0.25, -0.2) is 4.79 Å². The third-order valence-corrected chi connectivity index (χ3v) is 3.61. The fourth-order valence-corrected chi connectivity index (χ4v) is 2.58. The molecule has 0 aromatic heterocycles. The molecule has 112 valence electrons. The van der Waals surface area contributed by atoms with Crippen LogP contribution in [0.15, 0.2) is 30.3 Å². The molecule has 3 nitrogen and oxygen atoms in total. The number of ether oxygens (including phenoxy) is 2. The summed E-state index contributed by atoms with van der Waals surface area (Å²) in [4.78, 5) is 12.3. The summed E-state index contributed by atoms with van der Waals surface area (Å²) in [6.07, 6.45) is 3.00. The molecule has 0 bridgehead atoms. The Balaban J connectivity index is 2.66. The first-order valence-corrected chi connectivity index (χ1v) is 7.48. The van der Waals surface area contributed by atoms with Crippen LogP contribution in [-0.4, -0.2) is 19.7 Å². The van der Waals surface area contributed by atoms with Crippen LogP contribution in [-0.2, 0) is 11.2 Å². The van der Waals surface area contributed by atoms with Crippen molar-refractivity contribution in [2.45, 2.75) is 33.1 Å². The highest BCUT2D eigenvalue weighted by Gasteiger charge is 2.18. The van der Waals surface area contributed by atoms with Crippen LogP contribution in [0.4, 0.5) is 0 Å². The van der Waals surface area contributed by atoms with Gasteiger partial charge in [0, 0.05) is 5.39 Å². The van der Waals surface area contributed by atoms with Gasteiger partial charge in [-0.1, -0.05) is 37.6 Å². The summed E-state index contributed by atoms with van der Waals surface area (Å²) >= 11 is 0. The number of aryl methyl sites for hydroxylation is 1. The van der Waals surface area contributed by atoms with Crippen molar-refractivity contribution in [2.24, 2.45) is 0 Å². The summed E-state index contributed by atoms with van der Waals surface area (Å²) in [5.41, 5.74) is 1.69. The Kier molecular flexibility index (Phi) is 5.20. The van der Waals surface area contributed by atoms with Crippen LogP contribution in [0.1, 0.15) is 42.6 Å². The van der Waals surface area contributed by atoms with Crippen LogP contribution < -0.4 is 4.74 Å². The molecule has 0 spiro atoms. The van der Waals surface area contributed by atoms with E-state index in [0.717, 1.165) is 35.6 Å². The highest BCUT2D eigenvalue weighted by Crippen LogP contribution is 2.32. The number of rotatable bonds is 6. The van der Waals surface area contributed by atoms with E-state index in [1.54, 1.807) is 7.11 Å². The fraction of sp³-hybridized carbons (Fsp3) is 0.389. The van der Waals surface area contributed by atoms with Crippen molar-refractivity contribution in [3.8, 4) is 5.75 Å². The number of hydrogen-bond acceptors (Lipinski definition) is 3. The molecule has 0 atom stereocenters. The normalized spacial score (nSPS) is 10.6. The molecule has 0 fully saturated rings. The van der Waals surface area contributed by atoms with Crippen molar-refractivity contribution < 1.29 is 14.3 Å². The van der Waals surface area contributed by atoms with Crippen LogP contribution >= 0.6 is 0 Å². The molecule has 0 N–H and O–H groups in total. The maximum absolute atomic E-state index is 12.3. The van der Waals surface area contributed by atoms with E-state index >= 15 is 0 Å². The van der Waals surface area contributed by atoms with E-state index in [4.69, 9.17) is 9.47 Å². The van der Waals surface area contributed by atoms with Gasteiger partial charge in [0.05, 0.1) is 19.3 Å². The Morgan fingerprint density at radius 3 is 2.48 bits per heavy atom. The lowest BCUT2D eigenvalue weighted by Crippen LogP contribution is -2.09. The van der Waals surface area contributed by atoms with E-state index < -0.39 is 0 Å². The van der Waals surface area contributed by atoms with Crippen molar-refractivity contribution in [3.05, 3.63) is 41.5 Å². The van der Waals surface area contributed by atoms with Crippen molar-refractivity contribution in [1.82, 2.24) is 0 Å². The number of benzene rings is 2. The van der Waals surface area contributed by atoms with Crippen molar-refractivity contribution >= 4 is 16.7 Å². The molecular formula is C18H22O3. The van der Waals surface area contributed by atoms with E-state index in [-0.39, 0.29) is 5.97 Å². The second-order valence-electron chi connectivity index (χ2n) is 4.97.